The van der Waals surface area contributed by atoms with Crippen LogP contribution in [0.15, 0.2) is 30.3 Å². The van der Waals surface area contributed by atoms with Crippen molar-refractivity contribution in [1.82, 2.24) is 10.2 Å². The minimum absolute atomic E-state index is 0.0496. The SMILES string of the molecule is CN1CCC(NC(=O)OCc2ccccc2)C(CC(=O)O)C1. The van der Waals surface area contributed by atoms with Crippen molar-refractivity contribution in [3.8, 4) is 0 Å². The second kappa shape index (κ2) is 7.79. The van der Waals surface area contributed by atoms with Crippen LogP contribution in [-0.2, 0) is 16.1 Å². The molecule has 2 atom stereocenters. The first-order valence-corrected chi connectivity index (χ1v) is 7.42. The molecule has 1 aromatic carbocycles. The zero-order valence-corrected chi connectivity index (χ0v) is 12.7. The van der Waals surface area contributed by atoms with Gasteiger partial charge in [0, 0.05) is 18.5 Å². The third-order valence-corrected chi connectivity index (χ3v) is 3.89. The van der Waals surface area contributed by atoms with Crippen LogP contribution in [0.3, 0.4) is 0 Å². The molecule has 1 heterocycles. The predicted octanol–water partition coefficient (Wildman–Crippen LogP) is 1.71. The van der Waals surface area contributed by atoms with Crippen LogP contribution in [0.25, 0.3) is 0 Å². The summed E-state index contributed by atoms with van der Waals surface area (Å²) in [6.07, 6.45) is 0.289. The number of hydrogen-bond donors (Lipinski definition) is 2. The highest BCUT2D eigenvalue weighted by Crippen LogP contribution is 2.19. The summed E-state index contributed by atoms with van der Waals surface area (Å²) in [7, 11) is 1.96. The lowest BCUT2D eigenvalue weighted by molar-refractivity contribution is -0.138. The fraction of sp³-hybridized carbons (Fsp3) is 0.500. The first-order valence-electron chi connectivity index (χ1n) is 7.42. The largest absolute Gasteiger partial charge is 0.481 e. The van der Waals surface area contributed by atoms with Crippen LogP contribution in [-0.4, -0.2) is 48.2 Å². The number of hydrogen-bond acceptors (Lipinski definition) is 4. The van der Waals surface area contributed by atoms with Gasteiger partial charge in [-0.3, -0.25) is 4.79 Å². The van der Waals surface area contributed by atoms with Gasteiger partial charge in [0.1, 0.15) is 6.61 Å². The number of carboxylic acid groups (broad SMARTS) is 1. The van der Waals surface area contributed by atoms with Crippen molar-refractivity contribution in [2.24, 2.45) is 5.92 Å². The van der Waals surface area contributed by atoms with Crippen LogP contribution in [0.4, 0.5) is 4.79 Å². The summed E-state index contributed by atoms with van der Waals surface area (Å²) >= 11 is 0. The Morgan fingerprint density at radius 3 is 2.77 bits per heavy atom. The number of nitrogens with zero attached hydrogens (tertiary/aromatic N) is 1. The second-order valence-electron chi connectivity index (χ2n) is 5.72. The maximum atomic E-state index is 11.9. The topological polar surface area (TPSA) is 78.9 Å². The quantitative estimate of drug-likeness (QED) is 0.866. The van der Waals surface area contributed by atoms with Crippen LogP contribution >= 0.6 is 0 Å². The summed E-state index contributed by atoms with van der Waals surface area (Å²) in [4.78, 5) is 24.9. The van der Waals surface area contributed by atoms with Crippen LogP contribution in [0.5, 0.6) is 0 Å². The highest BCUT2D eigenvalue weighted by Gasteiger charge is 2.30. The molecule has 0 bridgehead atoms. The highest BCUT2D eigenvalue weighted by atomic mass is 16.5. The Kier molecular flexibility index (Phi) is 5.77. The number of likely N-dealkylation sites (tertiary alicyclic amines) is 1. The minimum atomic E-state index is -0.843. The Bertz CT molecular complexity index is 506. The minimum Gasteiger partial charge on any atom is -0.481 e. The molecule has 0 aliphatic carbocycles. The third-order valence-electron chi connectivity index (χ3n) is 3.89. The summed E-state index contributed by atoms with van der Waals surface area (Å²) in [6, 6.07) is 9.29. The van der Waals surface area contributed by atoms with E-state index < -0.39 is 12.1 Å². The maximum Gasteiger partial charge on any atom is 0.407 e. The molecular weight excluding hydrogens is 284 g/mol. The van der Waals surface area contributed by atoms with E-state index in [4.69, 9.17) is 9.84 Å². The third kappa shape index (κ3) is 5.04. The molecular formula is C16H22N2O4. The number of carboxylic acids is 1. The normalized spacial score (nSPS) is 22.0. The zero-order chi connectivity index (χ0) is 15.9. The van der Waals surface area contributed by atoms with E-state index in [1.54, 1.807) is 0 Å². The van der Waals surface area contributed by atoms with E-state index in [1.165, 1.54) is 0 Å². The van der Waals surface area contributed by atoms with Crippen molar-refractivity contribution >= 4 is 12.1 Å². The van der Waals surface area contributed by atoms with Gasteiger partial charge in [-0.15, -0.1) is 0 Å². The number of benzene rings is 1. The second-order valence-corrected chi connectivity index (χ2v) is 5.72. The molecule has 22 heavy (non-hydrogen) atoms. The number of alkyl carbamates (subject to hydrolysis) is 1. The molecule has 0 radical (unpaired) electrons. The van der Waals surface area contributed by atoms with Crippen LogP contribution in [0.1, 0.15) is 18.4 Å². The van der Waals surface area contributed by atoms with Gasteiger partial charge in [0.2, 0.25) is 0 Å². The summed E-state index contributed by atoms with van der Waals surface area (Å²) in [5.41, 5.74) is 0.920. The Labute approximate surface area is 130 Å². The van der Waals surface area contributed by atoms with Crippen molar-refractivity contribution in [3.63, 3.8) is 0 Å². The number of ether oxygens (including phenoxy) is 1. The van der Waals surface area contributed by atoms with Crippen LogP contribution in [0, 0.1) is 5.92 Å². The molecule has 2 rings (SSSR count). The molecule has 0 aromatic heterocycles. The first kappa shape index (κ1) is 16.3. The van der Waals surface area contributed by atoms with Crippen molar-refractivity contribution < 1.29 is 19.4 Å². The lowest BCUT2D eigenvalue weighted by Gasteiger charge is -2.36. The Hall–Kier alpha value is -2.08. The number of carbonyl (C=O) groups excluding carboxylic acids is 1. The van der Waals surface area contributed by atoms with E-state index in [0.29, 0.717) is 6.54 Å². The average molecular weight is 306 g/mol. The molecule has 2 N–H and O–H groups in total. The van der Waals surface area contributed by atoms with Crippen LogP contribution < -0.4 is 5.32 Å². The summed E-state index contributed by atoms with van der Waals surface area (Å²) < 4.78 is 5.20. The number of amides is 1. The summed E-state index contributed by atoms with van der Waals surface area (Å²) in [6.45, 7) is 1.71. The molecule has 1 aliphatic rings. The Balaban J connectivity index is 1.84. The summed E-state index contributed by atoms with van der Waals surface area (Å²) in [5, 5.41) is 11.8. The van der Waals surface area contributed by atoms with Gasteiger partial charge in [0.05, 0.1) is 6.42 Å². The van der Waals surface area contributed by atoms with E-state index in [0.717, 1.165) is 18.5 Å². The molecule has 1 aromatic rings. The Morgan fingerprint density at radius 1 is 1.36 bits per heavy atom. The standard InChI is InChI=1S/C16H22N2O4/c1-18-8-7-14(13(10-18)9-15(19)20)17-16(21)22-11-12-5-3-2-4-6-12/h2-6,13-14H,7-11H2,1H3,(H,17,21)(H,19,20). The van der Waals surface area contributed by atoms with Crippen molar-refractivity contribution in [1.29, 1.82) is 0 Å². The van der Waals surface area contributed by atoms with Gasteiger partial charge in [-0.25, -0.2) is 4.79 Å². The smallest absolute Gasteiger partial charge is 0.407 e. The lowest BCUT2D eigenvalue weighted by atomic mass is 9.90. The molecule has 0 spiro atoms. The number of carbonyl (C=O) groups is 2. The molecule has 6 heteroatoms. The van der Waals surface area contributed by atoms with Crippen molar-refractivity contribution in [3.05, 3.63) is 35.9 Å². The van der Waals surface area contributed by atoms with E-state index in [1.807, 2.05) is 37.4 Å². The predicted molar refractivity (Wildman–Crippen MR) is 81.4 cm³/mol. The lowest BCUT2D eigenvalue weighted by Crippen LogP contribution is -2.50. The molecule has 1 saturated heterocycles. The molecule has 6 nitrogen and oxygen atoms in total. The van der Waals surface area contributed by atoms with Gasteiger partial charge in [-0.2, -0.15) is 0 Å². The Morgan fingerprint density at radius 2 is 2.09 bits per heavy atom. The molecule has 1 fully saturated rings. The van der Waals surface area contributed by atoms with Crippen molar-refractivity contribution in [2.75, 3.05) is 20.1 Å². The zero-order valence-electron chi connectivity index (χ0n) is 12.7. The van der Waals surface area contributed by atoms with Gasteiger partial charge >= 0.3 is 12.1 Å². The molecule has 2 unspecified atom stereocenters. The van der Waals surface area contributed by atoms with Crippen LogP contribution in [0.2, 0.25) is 0 Å². The molecule has 0 saturated carbocycles. The maximum absolute atomic E-state index is 11.9. The van der Waals surface area contributed by atoms with E-state index in [2.05, 4.69) is 10.2 Å². The van der Waals surface area contributed by atoms with Crippen molar-refractivity contribution in [2.45, 2.75) is 25.5 Å². The molecule has 1 amide bonds. The average Bonchev–Trinajstić information content (AvgIpc) is 2.48. The first-order chi connectivity index (χ1) is 10.5. The van der Waals surface area contributed by atoms with Gasteiger partial charge < -0.3 is 20.1 Å². The van der Waals surface area contributed by atoms with Gasteiger partial charge in [0.25, 0.3) is 0 Å². The van der Waals surface area contributed by atoms with E-state index >= 15 is 0 Å². The number of aliphatic carboxylic acids is 1. The van der Waals surface area contributed by atoms with Gasteiger partial charge in [-0.05, 0) is 25.6 Å². The van der Waals surface area contributed by atoms with E-state index in [-0.39, 0.29) is 25.0 Å². The number of rotatable bonds is 5. The summed E-state index contributed by atoms with van der Waals surface area (Å²) in [5.74, 6) is -0.940. The van der Waals surface area contributed by atoms with E-state index in [9.17, 15) is 9.59 Å². The monoisotopic (exact) mass is 306 g/mol. The number of piperidine rings is 1. The molecule has 120 valence electrons. The fourth-order valence-corrected chi connectivity index (χ4v) is 2.75. The van der Waals surface area contributed by atoms with Gasteiger partial charge in [-0.1, -0.05) is 30.3 Å². The number of nitrogens with one attached hydrogen (secondary N) is 1. The highest BCUT2D eigenvalue weighted by molar-refractivity contribution is 5.69. The fourth-order valence-electron chi connectivity index (χ4n) is 2.75. The molecule has 1 aliphatic heterocycles. The van der Waals surface area contributed by atoms with Gasteiger partial charge in [0.15, 0.2) is 0 Å².